The van der Waals surface area contributed by atoms with E-state index in [4.69, 9.17) is 16.0 Å². The Morgan fingerprint density at radius 1 is 1.06 bits per heavy atom. The first-order valence-corrected chi connectivity index (χ1v) is 5.43. The van der Waals surface area contributed by atoms with Gasteiger partial charge in [0.25, 0.3) is 11.8 Å². The molecule has 92 valence electrons. The number of hydrazine groups is 1. The second-order valence-electron chi connectivity index (χ2n) is 3.40. The first-order chi connectivity index (χ1) is 8.68. The third kappa shape index (κ3) is 2.70. The smallest absolute Gasteiger partial charge is 0.272 e. The van der Waals surface area contributed by atoms with Crippen LogP contribution in [0.15, 0.2) is 47.3 Å². The van der Waals surface area contributed by atoms with Crippen molar-refractivity contribution in [2.24, 2.45) is 0 Å². The summed E-state index contributed by atoms with van der Waals surface area (Å²) in [5, 5.41) is 0.313. The number of hydrogen-bond acceptors (Lipinski definition) is 3. The van der Waals surface area contributed by atoms with E-state index in [9.17, 15) is 9.59 Å². The van der Waals surface area contributed by atoms with Gasteiger partial charge < -0.3 is 4.42 Å². The SMILES string of the molecule is O=C(NNC(=O)c1ccccc1Cl)c1ccoc1. The van der Waals surface area contributed by atoms with Crippen molar-refractivity contribution in [3.63, 3.8) is 0 Å². The van der Waals surface area contributed by atoms with Crippen molar-refractivity contribution >= 4 is 23.4 Å². The summed E-state index contributed by atoms with van der Waals surface area (Å²) < 4.78 is 4.75. The van der Waals surface area contributed by atoms with Crippen LogP contribution in [0.3, 0.4) is 0 Å². The highest BCUT2D eigenvalue weighted by molar-refractivity contribution is 6.33. The van der Waals surface area contributed by atoms with Crippen molar-refractivity contribution < 1.29 is 14.0 Å². The van der Waals surface area contributed by atoms with E-state index < -0.39 is 11.8 Å². The summed E-state index contributed by atoms with van der Waals surface area (Å²) >= 11 is 5.85. The van der Waals surface area contributed by atoms with Crippen LogP contribution in [0.2, 0.25) is 5.02 Å². The van der Waals surface area contributed by atoms with E-state index in [-0.39, 0.29) is 5.56 Å². The Morgan fingerprint density at radius 3 is 2.44 bits per heavy atom. The van der Waals surface area contributed by atoms with Crippen molar-refractivity contribution in [2.75, 3.05) is 0 Å². The number of halogens is 1. The number of furan rings is 1. The van der Waals surface area contributed by atoms with Crippen LogP contribution in [0.1, 0.15) is 20.7 Å². The lowest BCUT2D eigenvalue weighted by Gasteiger charge is -2.07. The zero-order valence-electron chi connectivity index (χ0n) is 9.14. The number of hydrogen-bond donors (Lipinski definition) is 2. The van der Waals surface area contributed by atoms with Crippen LogP contribution in [0.25, 0.3) is 0 Å². The molecule has 2 rings (SSSR count). The van der Waals surface area contributed by atoms with E-state index in [0.29, 0.717) is 10.6 Å². The fraction of sp³-hybridized carbons (Fsp3) is 0. The Balaban J connectivity index is 1.97. The van der Waals surface area contributed by atoms with Crippen LogP contribution in [0.4, 0.5) is 0 Å². The molecule has 0 atom stereocenters. The van der Waals surface area contributed by atoms with E-state index in [0.717, 1.165) is 0 Å². The standard InChI is InChI=1S/C12H9ClN2O3/c13-10-4-2-1-3-9(10)12(17)15-14-11(16)8-5-6-18-7-8/h1-7H,(H,14,16)(H,15,17). The van der Waals surface area contributed by atoms with Gasteiger partial charge in [0, 0.05) is 0 Å². The van der Waals surface area contributed by atoms with Crippen molar-refractivity contribution in [3.05, 3.63) is 59.0 Å². The van der Waals surface area contributed by atoms with Crippen LogP contribution >= 0.6 is 11.6 Å². The molecule has 6 heteroatoms. The summed E-state index contributed by atoms with van der Waals surface area (Å²) in [7, 11) is 0. The van der Waals surface area contributed by atoms with E-state index >= 15 is 0 Å². The van der Waals surface area contributed by atoms with Crippen LogP contribution in [-0.2, 0) is 0 Å². The monoisotopic (exact) mass is 264 g/mol. The molecule has 1 aromatic carbocycles. The Bertz CT molecular complexity index is 566. The average Bonchev–Trinajstić information content (AvgIpc) is 2.90. The molecule has 0 aliphatic carbocycles. The molecule has 0 unspecified atom stereocenters. The minimum Gasteiger partial charge on any atom is -0.472 e. The molecule has 0 spiro atoms. The van der Waals surface area contributed by atoms with Gasteiger partial charge in [0.15, 0.2) is 0 Å². The van der Waals surface area contributed by atoms with Crippen LogP contribution in [-0.4, -0.2) is 11.8 Å². The maximum atomic E-state index is 11.7. The zero-order chi connectivity index (χ0) is 13.0. The number of benzene rings is 1. The van der Waals surface area contributed by atoms with Crippen molar-refractivity contribution in [2.45, 2.75) is 0 Å². The van der Waals surface area contributed by atoms with Crippen LogP contribution in [0.5, 0.6) is 0 Å². The first-order valence-electron chi connectivity index (χ1n) is 5.06. The van der Waals surface area contributed by atoms with Crippen LogP contribution < -0.4 is 10.9 Å². The minimum atomic E-state index is -0.488. The Kier molecular flexibility index (Phi) is 3.64. The van der Waals surface area contributed by atoms with Gasteiger partial charge in [0.1, 0.15) is 6.26 Å². The molecule has 0 saturated carbocycles. The Labute approximate surface area is 108 Å². The van der Waals surface area contributed by atoms with E-state index in [2.05, 4.69) is 10.9 Å². The molecule has 0 aliphatic rings. The van der Waals surface area contributed by atoms with Gasteiger partial charge in [-0.3, -0.25) is 20.4 Å². The molecule has 1 aromatic heterocycles. The van der Waals surface area contributed by atoms with Gasteiger partial charge in [-0.1, -0.05) is 23.7 Å². The molecular formula is C12H9ClN2O3. The number of rotatable bonds is 2. The van der Waals surface area contributed by atoms with Gasteiger partial charge in [0.2, 0.25) is 0 Å². The fourth-order valence-electron chi connectivity index (χ4n) is 1.29. The Morgan fingerprint density at radius 2 is 1.78 bits per heavy atom. The zero-order valence-corrected chi connectivity index (χ0v) is 9.90. The second kappa shape index (κ2) is 5.37. The quantitative estimate of drug-likeness (QED) is 0.815. The normalized spacial score (nSPS) is 9.83. The average molecular weight is 265 g/mol. The topological polar surface area (TPSA) is 71.3 Å². The fourth-order valence-corrected chi connectivity index (χ4v) is 1.51. The van der Waals surface area contributed by atoms with Gasteiger partial charge in [-0.2, -0.15) is 0 Å². The third-order valence-corrected chi connectivity index (χ3v) is 2.52. The van der Waals surface area contributed by atoms with Crippen molar-refractivity contribution in [3.8, 4) is 0 Å². The van der Waals surface area contributed by atoms with Gasteiger partial charge in [-0.15, -0.1) is 0 Å². The number of amides is 2. The number of carbonyl (C=O) groups is 2. The molecule has 0 radical (unpaired) electrons. The maximum absolute atomic E-state index is 11.7. The molecule has 0 bridgehead atoms. The highest BCUT2D eigenvalue weighted by Gasteiger charge is 2.11. The van der Waals surface area contributed by atoms with Crippen molar-refractivity contribution in [1.82, 2.24) is 10.9 Å². The summed E-state index contributed by atoms with van der Waals surface area (Å²) in [5.41, 5.74) is 5.11. The number of carbonyl (C=O) groups excluding carboxylic acids is 2. The van der Waals surface area contributed by atoms with E-state index in [1.807, 2.05) is 0 Å². The molecule has 18 heavy (non-hydrogen) atoms. The number of nitrogens with one attached hydrogen (secondary N) is 2. The van der Waals surface area contributed by atoms with E-state index in [1.54, 1.807) is 24.3 Å². The predicted octanol–water partition coefficient (Wildman–Crippen LogP) is 2.01. The summed E-state index contributed by atoms with van der Waals surface area (Å²) in [4.78, 5) is 23.2. The summed E-state index contributed by atoms with van der Waals surface area (Å²) in [6.07, 6.45) is 2.64. The predicted molar refractivity (Wildman–Crippen MR) is 65.1 cm³/mol. The molecular weight excluding hydrogens is 256 g/mol. The van der Waals surface area contributed by atoms with Crippen molar-refractivity contribution in [1.29, 1.82) is 0 Å². The molecule has 1 heterocycles. The Hall–Kier alpha value is -2.27. The lowest BCUT2D eigenvalue weighted by atomic mass is 10.2. The summed E-state index contributed by atoms with van der Waals surface area (Å²) in [6, 6.07) is 8.02. The molecule has 2 aromatic rings. The molecule has 2 amide bonds. The molecule has 0 saturated heterocycles. The molecule has 2 N–H and O–H groups in total. The first kappa shape index (κ1) is 12.2. The van der Waals surface area contributed by atoms with Gasteiger partial charge in [0.05, 0.1) is 22.4 Å². The summed E-state index contributed by atoms with van der Waals surface area (Å²) in [5.74, 6) is -0.957. The van der Waals surface area contributed by atoms with Gasteiger partial charge >= 0.3 is 0 Å². The largest absolute Gasteiger partial charge is 0.472 e. The van der Waals surface area contributed by atoms with Crippen LogP contribution in [0, 0.1) is 0 Å². The molecule has 5 nitrogen and oxygen atoms in total. The summed E-state index contributed by atoms with van der Waals surface area (Å²) in [6.45, 7) is 0. The molecule has 0 aliphatic heterocycles. The highest BCUT2D eigenvalue weighted by Crippen LogP contribution is 2.14. The van der Waals surface area contributed by atoms with Gasteiger partial charge in [-0.05, 0) is 18.2 Å². The second-order valence-corrected chi connectivity index (χ2v) is 3.81. The lowest BCUT2D eigenvalue weighted by Crippen LogP contribution is -2.41. The van der Waals surface area contributed by atoms with Gasteiger partial charge in [-0.25, -0.2) is 0 Å². The lowest BCUT2D eigenvalue weighted by molar-refractivity contribution is 0.0846. The third-order valence-electron chi connectivity index (χ3n) is 2.19. The van der Waals surface area contributed by atoms with E-state index in [1.165, 1.54) is 18.6 Å². The minimum absolute atomic E-state index is 0.284. The maximum Gasteiger partial charge on any atom is 0.272 e. The molecule has 0 fully saturated rings. The highest BCUT2D eigenvalue weighted by atomic mass is 35.5.